The first-order chi connectivity index (χ1) is 9.47. The van der Waals surface area contributed by atoms with Gasteiger partial charge in [0.2, 0.25) is 0 Å². The molecule has 0 saturated heterocycles. The van der Waals surface area contributed by atoms with Gasteiger partial charge in [0.25, 0.3) is 0 Å². The minimum Gasteiger partial charge on any atom is -0.396 e. The summed E-state index contributed by atoms with van der Waals surface area (Å²) in [6.07, 6.45) is 1.71. The van der Waals surface area contributed by atoms with E-state index in [2.05, 4.69) is 38.1 Å². The topological polar surface area (TPSA) is 38.4 Å². The van der Waals surface area contributed by atoms with Gasteiger partial charge in [0.05, 0.1) is 11.4 Å². The van der Waals surface area contributed by atoms with E-state index in [1.165, 1.54) is 10.9 Å². The van der Waals surface area contributed by atoms with Crippen LogP contribution in [0.4, 0.5) is 11.4 Å². The number of hydrogen-bond acceptors (Lipinski definition) is 2. The van der Waals surface area contributed by atoms with Crippen LogP contribution in [0.2, 0.25) is 0 Å². The molecule has 0 heterocycles. The third kappa shape index (κ3) is 2.25. The number of hydrogen-bond donors (Lipinski definition) is 1. The van der Waals surface area contributed by atoms with Gasteiger partial charge in [-0.05, 0) is 42.9 Å². The molecule has 0 aliphatic heterocycles. The molecule has 0 aromatic heterocycles. The van der Waals surface area contributed by atoms with Crippen molar-refractivity contribution < 1.29 is 0 Å². The molecule has 20 heavy (non-hydrogen) atoms. The molecule has 2 N–H and O–H groups in total. The van der Waals surface area contributed by atoms with Gasteiger partial charge >= 0.3 is 0 Å². The summed E-state index contributed by atoms with van der Waals surface area (Å²) in [6, 6.07) is 8.16. The molecule has 0 atom stereocenters. The van der Waals surface area contributed by atoms with Gasteiger partial charge in [-0.25, -0.2) is 0 Å². The molecule has 2 aromatic carbocycles. The monoisotopic (exact) mass is 264 g/mol. The Bertz CT molecular complexity index is 737. The van der Waals surface area contributed by atoms with Gasteiger partial charge in [0.1, 0.15) is 0 Å². The number of anilines is 1. The normalized spacial score (nSPS) is 11.7. The van der Waals surface area contributed by atoms with Crippen molar-refractivity contribution in [2.45, 2.75) is 20.8 Å². The minimum atomic E-state index is 0.722. The van der Waals surface area contributed by atoms with Crippen molar-refractivity contribution in [3.63, 3.8) is 0 Å². The molecule has 2 nitrogen and oxygen atoms in total. The van der Waals surface area contributed by atoms with Crippen molar-refractivity contribution in [1.29, 1.82) is 0 Å². The fourth-order valence-corrected chi connectivity index (χ4v) is 2.29. The zero-order valence-electron chi connectivity index (χ0n) is 12.3. The number of nitrogens with two attached hydrogens (primary N) is 1. The summed E-state index contributed by atoms with van der Waals surface area (Å²) in [5.74, 6) is 0. The quantitative estimate of drug-likeness (QED) is 0.479. The van der Waals surface area contributed by atoms with E-state index < -0.39 is 0 Å². The van der Waals surface area contributed by atoms with E-state index in [0.29, 0.717) is 0 Å². The van der Waals surface area contributed by atoms with Crippen molar-refractivity contribution >= 4 is 27.9 Å². The zero-order valence-corrected chi connectivity index (χ0v) is 12.3. The average Bonchev–Trinajstić information content (AvgIpc) is 2.48. The smallest absolute Gasteiger partial charge is 0.0900 e. The molecule has 0 amide bonds. The third-order valence-corrected chi connectivity index (χ3v) is 3.78. The Morgan fingerprint density at radius 1 is 1.15 bits per heavy atom. The van der Waals surface area contributed by atoms with Gasteiger partial charge in [-0.15, -0.1) is 0 Å². The standard InChI is InChI=1S/C18H20N2/c1-6-11(2)14(5)20-18-13(4)12(3)15-9-7-8-10-16(15)17(18)19/h6-10H,1-2,19H2,3-5H3. The van der Waals surface area contributed by atoms with Gasteiger partial charge < -0.3 is 5.73 Å². The average molecular weight is 264 g/mol. The largest absolute Gasteiger partial charge is 0.396 e. The Hall–Kier alpha value is -2.35. The Morgan fingerprint density at radius 3 is 2.35 bits per heavy atom. The first-order valence-corrected chi connectivity index (χ1v) is 6.61. The van der Waals surface area contributed by atoms with Crippen molar-refractivity contribution in [1.82, 2.24) is 0 Å². The molecule has 0 fully saturated rings. The summed E-state index contributed by atoms with van der Waals surface area (Å²) < 4.78 is 0. The molecule has 0 spiro atoms. The number of fused-ring (bicyclic) bond motifs is 1. The van der Waals surface area contributed by atoms with E-state index in [4.69, 9.17) is 5.73 Å². The van der Waals surface area contributed by atoms with E-state index >= 15 is 0 Å². The minimum absolute atomic E-state index is 0.722. The predicted octanol–water partition coefficient (Wildman–Crippen LogP) is 4.87. The van der Waals surface area contributed by atoms with Crippen LogP contribution in [0.5, 0.6) is 0 Å². The Labute approximate surface area is 120 Å². The van der Waals surface area contributed by atoms with Crippen molar-refractivity contribution in [2.24, 2.45) is 4.99 Å². The van der Waals surface area contributed by atoms with Crippen LogP contribution in [0.25, 0.3) is 10.8 Å². The number of benzene rings is 2. The highest BCUT2D eigenvalue weighted by atomic mass is 14.8. The maximum atomic E-state index is 6.32. The second kappa shape index (κ2) is 5.33. The third-order valence-electron chi connectivity index (χ3n) is 3.78. The van der Waals surface area contributed by atoms with E-state index in [1.54, 1.807) is 6.08 Å². The van der Waals surface area contributed by atoms with E-state index in [0.717, 1.165) is 33.6 Å². The molecule has 0 saturated carbocycles. The van der Waals surface area contributed by atoms with Gasteiger partial charge in [-0.2, -0.15) is 0 Å². The predicted molar refractivity (Wildman–Crippen MR) is 89.9 cm³/mol. The molecule has 2 heteroatoms. The highest BCUT2D eigenvalue weighted by molar-refractivity contribution is 6.06. The molecule has 0 aliphatic carbocycles. The summed E-state index contributed by atoms with van der Waals surface area (Å²) in [7, 11) is 0. The highest BCUT2D eigenvalue weighted by Gasteiger charge is 2.12. The highest BCUT2D eigenvalue weighted by Crippen LogP contribution is 2.37. The summed E-state index contributed by atoms with van der Waals surface area (Å²) in [5, 5.41) is 2.23. The molecule has 2 aromatic rings. The number of aliphatic imine (C=N–C) groups is 1. The lowest BCUT2D eigenvalue weighted by molar-refractivity contribution is 1.34. The number of nitrogens with zero attached hydrogens (tertiary/aromatic N) is 1. The second-order valence-electron chi connectivity index (χ2n) is 4.98. The van der Waals surface area contributed by atoms with Crippen molar-refractivity contribution in [3.8, 4) is 0 Å². The maximum Gasteiger partial charge on any atom is 0.0900 e. The molecule has 102 valence electrons. The fraction of sp³-hybridized carbons (Fsp3) is 0.167. The van der Waals surface area contributed by atoms with Crippen LogP contribution < -0.4 is 5.73 Å². The maximum absolute atomic E-state index is 6.32. The van der Waals surface area contributed by atoms with E-state index in [9.17, 15) is 0 Å². The summed E-state index contributed by atoms with van der Waals surface area (Å²) >= 11 is 0. The van der Waals surface area contributed by atoms with Gasteiger partial charge in [-0.3, -0.25) is 4.99 Å². The van der Waals surface area contributed by atoms with Crippen LogP contribution in [0.15, 0.2) is 54.1 Å². The number of rotatable bonds is 3. The van der Waals surface area contributed by atoms with Crippen molar-refractivity contribution in [3.05, 3.63) is 60.2 Å². The van der Waals surface area contributed by atoms with Gasteiger partial charge in [0, 0.05) is 11.1 Å². The molecule has 2 rings (SSSR count). The Balaban J connectivity index is 2.78. The molecule has 0 unspecified atom stereocenters. The number of aryl methyl sites for hydroxylation is 1. The van der Waals surface area contributed by atoms with Gasteiger partial charge in [0.15, 0.2) is 0 Å². The Morgan fingerprint density at radius 2 is 1.75 bits per heavy atom. The van der Waals surface area contributed by atoms with Crippen LogP contribution >= 0.6 is 0 Å². The zero-order chi connectivity index (χ0) is 14.9. The molecule has 0 bridgehead atoms. The second-order valence-corrected chi connectivity index (χ2v) is 4.98. The van der Waals surface area contributed by atoms with Crippen LogP contribution in [0, 0.1) is 13.8 Å². The Kier molecular flexibility index (Phi) is 3.75. The first-order valence-electron chi connectivity index (χ1n) is 6.61. The number of allylic oxidation sites excluding steroid dienone is 2. The van der Waals surface area contributed by atoms with E-state index in [1.807, 2.05) is 25.1 Å². The molecule has 0 aliphatic rings. The van der Waals surface area contributed by atoms with Gasteiger partial charge in [-0.1, -0.05) is 43.5 Å². The lowest BCUT2D eigenvalue weighted by atomic mass is 9.97. The lowest BCUT2D eigenvalue weighted by Gasteiger charge is -2.14. The number of nitrogen functional groups attached to an aromatic ring is 1. The SMILES string of the molecule is C=CC(=C)C(C)=Nc1c(C)c(C)c2ccccc2c1N. The lowest BCUT2D eigenvalue weighted by Crippen LogP contribution is -1.98. The van der Waals surface area contributed by atoms with Crippen LogP contribution in [0.3, 0.4) is 0 Å². The van der Waals surface area contributed by atoms with Crippen LogP contribution in [0.1, 0.15) is 18.1 Å². The summed E-state index contributed by atoms with van der Waals surface area (Å²) in [4.78, 5) is 4.66. The van der Waals surface area contributed by atoms with E-state index in [-0.39, 0.29) is 0 Å². The molecule has 0 radical (unpaired) electrons. The molecular weight excluding hydrogens is 244 g/mol. The summed E-state index contributed by atoms with van der Waals surface area (Å²) in [5.41, 5.74) is 11.8. The van der Waals surface area contributed by atoms with Crippen LogP contribution in [-0.4, -0.2) is 5.71 Å². The van der Waals surface area contributed by atoms with Crippen LogP contribution in [-0.2, 0) is 0 Å². The van der Waals surface area contributed by atoms with Crippen molar-refractivity contribution in [2.75, 3.05) is 5.73 Å². The fourth-order valence-electron chi connectivity index (χ4n) is 2.29. The first kappa shape index (κ1) is 14.1. The molecular formula is C18H20N2. The summed E-state index contributed by atoms with van der Waals surface area (Å²) in [6.45, 7) is 13.7.